The number of piperidine rings is 1. The lowest BCUT2D eigenvalue weighted by Crippen LogP contribution is -2.35. The summed E-state index contributed by atoms with van der Waals surface area (Å²) in [5, 5.41) is 4.80. The van der Waals surface area contributed by atoms with Crippen molar-refractivity contribution in [2.45, 2.75) is 18.8 Å². The lowest BCUT2D eigenvalue weighted by molar-refractivity contribution is 0.333. The maximum atomic E-state index is 5.92. The van der Waals surface area contributed by atoms with Gasteiger partial charge < -0.3 is 9.42 Å². The molecule has 1 aliphatic heterocycles. The second-order valence-electron chi connectivity index (χ2n) is 5.81. The van der Waals surface area contributed by atoms with E-state index in [1.165, 1.54) is 0 Å². The molecular formula is C17H16ClN5O. The molecule has 0 spiro atoms. The largest absolute Gasteiger partial charge is 0.355 e. The van der Waals surface area contributed by atoms with Gasteiger partial charge in [0.25, 0.3) is 0 Å². The molecule has 0 saturated carbocycles. The Hall–Kier alpha value is -2.47. The van der Waals surface area contributed by atoms with Gasteiger partial charge in [-0.1, -0.05) is 16.8 Å². The summed E-state index contributed by atoms with van der Waals surface area (Å²) in [5.74, 6) is 2.36. The smallest absolute Gasteiger partial charge is 0.231 e. The number of rotatable bonds is 3. The van der Waals surface area contributed by atoms with Crippen molar-refractivity contribution in [1.82, 2.24) is 20.1 Å². The average Bonchev–Trinajstić information content (AvgIpc) is 3.13. The minimum absolute atomic E-state index is 0.203. The molecule has 0 unspecified atom stereocenters. The molecular weight excluding hydrogens is 326 g/mol. The first-order chi connectivity index (χ1) is 11.8. The third kappa shape index (κ3) is 3.10. The minimum atomic E-state index is 0.203. The van der Waals surface area contributed by atoms with Gasteiger partial charge in [0.1, 0.15) is 5.82 Å². The van der Waals surface area contributed by atoms with Gasteiger partial charge >= 0.3 is 0 Å². The first-order valence-electron chi connectivity index (χ1n) is 7.90. The molecule has 0 aliphatic carbocycles. The summed E-state index contributed by atoms with van der Waals surface area (Å²) < 4.78 is 5.52. The van der Waals surface area contributed by atoms with Gasteiger partial charge in [0.15, 0.2) is 0 Å². The van der Waals surface area contributed by atoms with E-state index in [4.69, 9.17) is 16.1 Å². The first-order valence-corrected chi connectivity index (χ1v) is 8.28. The molecule has 1 saturated heterocycles. The lowest BCUT2D eigenvalue weighted by Gasteiger charge is -2.31. The van der Waals surface area contributed by atoms with Crippen molar-refractivity contribution in [3.63, 3.8) is 0 Å². The Morgan fingerprint density at radius 2 is 2.04 bits per heavy atom. The van der Waals surface area contributed by atoms with Crippen molar-refractivity contribution < 1.29 is 4.52 Å². The number of hydrogen-bond donors (Lipinski definition) is 0. The van der Waals surface area contributed by atoms with Gasteiger partial charge in [0.2, 0.25) is 11.7 Å². The maximum absolute atomic E-state index is 5.92. The van der Waals surface area contributed by atoms with Crippen LogP contribution in [0.1, 0.15) is 24.7 Å². The van der Waals surface area contributed by atoms with Crippen LogP contribution in [0.25, 0.3) is 11.4 Å². The Morgan fingerprint density at radius 1 is 1.17 bits per heavy atom. The standard InChI is InChI=1S/C17H16ClN5O/c18-14-5-3-12(4-6-14)16-21-17(24-22-16)13-2-1-9-23(11-13)15-10-19-7-8-20-15/h3-8,10,13H,1-2,9,11H2/t13-/m0/s1. The third-order valence-corrected chi connectivity index (χ3v) is 4.44. The predicted octanol–water partition coefficient (Wildman–Crippen LogP) is 3.56. The molecule has 3 aromatic rings. The van der Waals surface area contributed by atoms with Crippen LogP contribution in [0, 0.1) is 0 Å². The van der Waals surface area contributed by atoms with Gasteiger partial charge in [-0.3, -0.25) is 4.98 Å². The zero-order valence-electron chi connectivity index (χ0n) is 13.0. The van der Waals surface area contributed by atoms with Gasteiger partial charge in [-0.25, -0.2) is 4.98 Å². The fourth-order valence-corrected chi connectivity index (χ4v) is 3.08. The van der Waals surface area contributed by atoms with E-state index in [0.717, 1.165) is 37.3 Å². The van der Waals surface area contributed by atoms with E-state index in [-0.39, 0.29) is 5.92 Å². The summed E-state index contributed by atoms with van der Waals surface area (Å²) in [6.07, 6.45) is 7.26. The van der Waals surface area contributed by atoms with Gasteiger partial charge in [-0.15, -0.1) is 0 Å². The highest BCUT2D eigenvalue weighted by Gasteiger charge is 2.27. The third-order valence-electron chi connectivity index (χ3n) is 4.19. The fourth-order valence-electron chi connectivity index (χ4n) is 2.96. The van der Waals surface area contributed by atoms with Crippen LogP contribution >= 0.6 is 11.6 Å². The van der Waals surface area contributed by atoms with Crippen LogP contribution in [0.15, 0.2) is 47.4 Å². The highest BCUT2D eigenvalue weighted by atomic mass is 35.5. The number of aromatic nitrogens is 4. The fraction of sp³-hybridized carbons (Fsp3) is 0.294. The molecule has 0 N–H and O–H groups in total. The van der Waals surface area contributed by atoms with Crippen molar-refractivity contribution in [2.24, 2.45) is 0 Å². The van der Waals surface area contributed by atoms with E-state index < -0.39 is 0 Å². The highest BCUT2D eigenvalue weighted by Crippen LogP contribution is 2.29. The van der Waals surface area contributed by atoms with Crippen molar-refractivity contribution in [3.8, 4) is 11.4 Å². The van der Waals surface area contributed by atoms with E-state index in [1.807, 2.05) is 24.3 Å². The molecule has 1 atom stereocenters. The Bertz CT molecular complexity index is 805. The molecule has 4 rings (SSSR count). The summed E-state index contributed by atoms with van der Waals surface area (Å²) in [4.78, 5) is 15.3. The number of nitrogens with zero attached hydrogens (tertiary/aromatic N) is 5. The monoisotopic (exact) mass is 341 g/mol. The zero-order chi connectivity index (χ0) is 16.4. The predicted molar refractivity (Wildman–Crippen MR) is 91.0 cm³/mol. The Morgan fingerprint density at radius 3 is 2.83 bits per heavy atom. The summed E-state index contributed by atoms with van der Waals surface area (Å²) >= 11 is 5.92. The molecule has 0 bridgehead atoms. The van der Waals surface area contributed by atoms with Crippen LogP contribution in [0.2, 0.25) is 5.02 Å². The quantitative estimate of drug-likeness (QED) is 0.725. The van der Waals surface area contributed by atoms with Crippen LogP contribution < -0.4 is 4.90 Å². The molecule has 0 amide bonds. The maximum Gasteiger partial charge on any atom is 0.231 e. The van der Waals surface area contributed by atoms with Gasteiger partial charge in [0, 0.05) is 36.1 Å². The normalized spacial score (nSPS) is 17.9. The molecule has 2 aromatic heterocycles. The van der Waals surface area contributed by atoms with Crippen LogP contribution in [0.4, 0.5) is 5.82 Å². The second kappa shape index (κ2) is 6.57. The van der Waals surface area contributed by atoms with Crippen LogP contribution in [-0.4, -0.2) is 33.2 Å². The molecule has 7 heteroatoms. The summed E-state index contributed by atoms with van der Waals surface area (Å²) in [7, 11) is 0. The van der Waals surface area contributed by atoms with E-state index in [0.29, 0.717) is 16.7 Å². The van der Waals surface area contributed by atoms with Gasteiger partial charge in [-0.2, -0.15) is 4.98 Å². The van der Waals surface area contributed by atoms with Crippen molar-refractivity contribution >= 4 is 17.4 Å². The Labute approximate surface area is 144 Å². The SMILES string of the molecule is Clc1ccc(-c2noc([C@H]3CCCN(c4cnccn4)C3)n2)cc1. The molecule has 24 heavy (non-hydrogen) atoms. The highest BCUT2D eigenvalue weighted by molar-refractivity contribution is 6.30. The molecule has 6 nitrogen and oxygen atoms in total. The zero-order valence-corrected chi connectivity index (χ0v) is 13.7. The lowest BCUT2D eigenvalue weighted by atomic mass is 9.98. The average molecular weight is 342 g/mol. The van der Waals surface area contributed by atoms with Crippen molar-refractivity contribution in [3.05, 3.63) is 53.8 Å². The number of anilines is 1. The van der Waals surface area contributed by atoms with E-state index in [1.54, 1.807) is 18.6 Å². The number of hydrogen-bond acceptors (Lipinski definition) is 6. The van der Waals surface area contributed by atoms with Crippen molar-refractivity contribution in [2.75, 3.05) is 18.0 Å². The Balaban J connectivity index is 1.52. The molecule has 0 radical (unpaired) electrons. The van der Waals surface area contributed by atoms with Crippen LogP contribution in [0.3, 0.4) is 0 Å². The van der Waals surface area contributed by atoms with Crippen LogP contribution in [0.5, 0.6) is 0 Å². The summed E-state index contributed by atoms with van der Waals surface area (Å²) in [5.41, 5.74) is 0.899. The van der Waals surface area contributed by atoms with Crippen molar-refractivity contribution in [1.29, 1.82) is 0 Å². The summed E-state index contributed by atoms with van der Waals surface area (Å²) in [6, 6.07) is 7.43. The Kier molecular flexibility index (Phi) is 4.13. The molecule has 122 valence electrons. The molecule has 1 aliphatic rings. The molecule has 3 heterocycles. The first kappa shape index (κ1) is 15.1. The minimum Gasteiger partial charge on any atom is -0.355 e. The molecule has 1 aromatic carbocycles. The number of halogens is 1. The van der Waals surface area contributed by atoms with E-state index >= 15 is 0 Å². The molecule has 1 fully saturated rings. The van der Waals surface area contributed by atoms with Gasteiger partial charge in [0.05, 0.1) is 12.1 Å². The van der Waals surface area contributed by atoms with E-state index in [9.17, 15) is 0 Å². The van der Waals surface area contributed by atoms with Gasteiger partial charge in [-0.05, 0) is 37.1 Å². The second-order valence-corrected chi connectivity index (χ2v) is 6.25. The number of benzene rings is 1. The summed E-state index contributed by atoms with van der Waals surface area (Å²) in [6.45, 7) is 1.77. The topological polar surface area (TPSA) is 67.9 Å². The van der Waals surface area contributed by atoms with Crippen LogP contribution in [-0.2, 0) is 0 Å². The van der Waals surface area contributed by atoms with E-state index in [2.05, 4.69) is 25.0 Å².